The second-order valence-electron chi connectivity index (χ2n) is 5.41. The first-order chi connectivity index (χ1) is 7.37. The first-order valence-corrected chi connectivity index (χ1v) is 5.63. The van der Waals surface area contributed by atoms with Crippen LogP contribution < -0.4 is 0 Å². The van der Waals surface area contributed by atoms with Crippen molar-refractivity contribution in [1.29, 1.82) is 0 Å². The highest BCUT2D eigenvalue weighted by Gasteiger charge is 2.63. The molecule has 1 aromatic heterocycles. The Bertz CT molecular complexity index is 420. The molecule has 1 saturated carbocycles. The van der Waals surface area contributed by atoms with E-state index in [1.54, 1.807) is 6.20 Å². The summed E-state index contributed by atoms with van der Waals surface area (Å²) < 4.78 is 1.93. The number of aromatic nitrogens is 2. The van der Waals surface area contributed by atoms with E-state index in [0.717, 1.165) is 5.69 Å². The second kappa shape index (κ2) is 3.34. The lowest BCUT2D eigenvalue weighted by molar-refractivity contribution is -0.139. The van der Waals surface area contributed by atoms with E-state index in [-0.39, 0.29) is 23.3 Å². The first kappa shape index (κ1) is 11.2. The second-order valence-corrected chi connectivity index (χ2v) is 5.41. The van der Waals surface area contributed by atoms with Crippen molar-refractivity contribution in [3.8, 4) is 0 Å². The molecule has 1 heterocycles. The van der Waals surface area contributed by atoms with Gasteiger partial charge in [0, 0.05) is 23.9 Å². The van der Waals surface area contributed by atoms with E-state index in [9.17, 15) is 4.79 Å². The van der Waals surface area contributed by atoms with Gasteiger partial charge in [0.15, 0.2) is 0 Å². The minimum absolute atomic E-state index is 0.0925. The van der Waals surface area contributed by atoms with Gasteiger partial charge in [-0.15, -0.1) is 0 Å². The fourth-order valence-corrected chi connectivity index (χ4v) is 2.65. The van der Waals surface area contributed by atoms with Gasteiger partial charge in [-0.1, -0.05) is 13.8 Å². The maximum Gasteiger partial charge on any atom is 0.307 e. The molecule has 0 bridgehead atoms. The minimum Gasteiger partial charge on any atom is -0.481 e. The average Bonchev–Trinajstić information content (AvgIpc) is 2.59. The summed E-state index contributed by atoms with van der Waals surface area (Å²) in [4.78, 5) is 11.1. The van der Waals surface area contributed by atoms with Crippen molar-refractivity contribution in [2.45, 2.75) is 39.7 Å². The standard InChI is InChI=1S/C12H18N2O2/c1-7(2)14-8(5-6-13-14)9-10(11(15)16)12(9,3)4/h5-7,9-10H,1-4H3,(H,15,16). The smallest absolute Gasteiger partial charge is 0.307 e. The molecular formula is C12H18N2O2. The summed E-state index contributed by atoms with van der Waals surface area (Å²) in [6.07, 6.45) is 1.75. The molecule has 2 unspecified atom stereocenters. The highest BCUT2D eigenvalue weighted by Crippen LogP contribution is 2.64. The summed E-state index contributed by atoms with van der Waals surface area (Å²) in [5.74, 6) is -0.886. The van der Waals surface area contributed by atoms with Crippen LogP contribution in [0.4, 0.5) is 0 Å². The molecule has 4 heteroatoms. The van der Waals surface area contributed by atoms with Gasteiger partial charge in [0.25, 0.3) is 0 Å². The Morgan fingerprint density at radius 3 is 2.62 bits per heavy atom. The van der Waals surface area contributed by atoms with Crippen LogP contribution in [0.5, 0.6) is 0 Å². The molecular weight excluding hydrogens is 204 g/mol. The van der Waals surface area contributed by atoms with E-state index in [2.05, 4.69) is 18.9 Å². The van der Waals surface area contributed by atoms with Gasteiger partial charge in [0.1, 0.15) is 0 Å². The Hall–Kier alpha value is -1.32. The number of carbonyl (C=O) groups is 1. The number of hydrogen-bond donors (Lipinski definition) is 1. The molecule has 1 aliphatic rings. The topological polar surface area (TPSA) is 55.1 Å². The predicted molar refractivity (Wildman–Crippen MR) is 60.3 cm³/mol. The number of nitrogens with zero attached hydrogens (tertiary/aromatic N) is 2. The molecule has 2 rings (SSSR count). The van der Waals surface area contributed by atoms with Crippen LogP contribution in [0.3, 0.4) is 0 Å². The third-order valence-electron chi connectivity index (χ3n) is 3.60. The molecule has 0 aromatic carbocycles. The van der Waals surface area contributed by atoms with Crippen molar-refractivity contribution >= 4 is 5.97 Å². The lowest BCUT2D eigenvalue weighted by atomic mass is 10.1. The van der Waals surface area contributed by atoms with Crippen LogP contribution in [0.2, 0.25) is 0 Å². The number of carboxylic acids is 1. The number of carboxylic acid groups (broad SMARTS) is 1. The predicted octanol–water partition coefficient (Wildman–Crippen LogP) is 2.29. The maximum atomic E-state index is 11.1. The van der Waals surface area contributed by atoms with Crippen molar-refractivity contribution in [3.63, 3.8) is 0 Å². The van der Waals surface area contributed by atoms with Crippen molar-refractivity contribution in [2.24, 2.45) is 11.3 Å². The van der Waals surface area contributed by atoms with Crippen LogP contribution in [-0.4, -0.2) is 20.9 Å². The van der Waals surface area contributed by atoms with E-state index in [4.69, 9.17) is 5.11 Å². The lowest BCUT2D eigenvalue weighted by Crippen LogP contribution is -2.08. The Kier molecular flexibility index (Phi) is 2.33. The molecule has 1 aromatic rings. The highest BCUT2D eigenvalue weighted by molar-refractivity contribution is 5.77. The van der Waals surface area contributed by atoms with Gasteiger partial charge >= 0.3 is 5.97 Å². The Labute approximate surface area is 95.3 Å². The SMILES string of the molecule is CC(C)n1nccc1C1C(C(=O)O)C1(C)C. The highest BCUT2D eigenvalue weighted by atomic mass is 16.4. The Morgan fingerprint density at radius 2 is 2.19 bits per heavy atom. The van der Waals surface area contributed by atoms with Gasteiger partial charge in [0.2, 0.25) is 0 Å². The van der Waals surface area contributed by atoms with E-state index in [0.29, 0.717) is 0 Å². The molecule has 1 fully saturated rings. The number of aliphatic carboxylic acids is 1. The quantitative estimate of drug-likeness (QED) is 0.853. The molecule has 4 nitrogen and oxygen atoms in total. The van der Waals surface area contributed by atoms with Crippen molar-refractivity contribution in [1.82, 2.24) is 9.78 Å². The minimum atomic E-state index is -0.702. The van der Waals surface area contributed by atoms with Crippen LogP contribution in [0, 0.1) is 11.3 Å². The molecule has 0 saturated heterocycles. The third kappa shape index (κ3) is 1.44. The molecule has 16 heavy (non-hydrogen) atoms. The Morgan fingerprint density at radius 1 is 1.56 bits per heavy atom. The van der Waals surface area contributed by atoms with Gasteiger partial charge < -0.3 is 5.11 Å². The van der Waals surface area contributed by atoms with E-state index >= 15 is 0 Å². The van der Waals surface area contributed by atoms with Gasteiger partial charge in [0.05, 0.1) is 5.92 Å². The zero-order valence-corrected chi connectivity index (χ0v) is 10.1. The van der Waals surface area contributed by atoms with Crippen molar-refractivity contribution < 1.29 is 9.90 Å². The van der Waals surface area contributed by atoms with Gasteiger partial charge in [-0.3, -0.25) is 9.48 Å². The van der Waals surface area contributed by atoms with E-state index < -0.39 is 5.97 Å². The molecule has 0 aliphatic heterocycles. The van der Waals surface area contributed by atoms with Crippen LogP contribution in [0.15, 0.2) is 12.3 Å². The summed E-state index contributed by atoms with van der Waals surface area (Å²) >= 11 is 0. The normalized spacial score (nSPS) is 27.1. The average molecular weight is 222 g/mol. The van der Waals surface area contributed by atoms with E-state index in [1.807, 2.05) is 24.6 Å². The Balaban J connectivity index is 2.33. The zero-order valence-electron chi connectivity index (χ0n) is 10.1. The number of rotatable bonds is 3. The number of hydrogen-bond acceptors (Lipinski definition) is 2. The van der Waals surface area contributed by atoms with Crippen LogP contribution >= 0.6 is 0 Å². The molecule has 1 N–H and O–H groups in total. The molecule has 0 radical (unpaired) electrons. The van der Waals surface area contributed by atoms with Gasteiger partial charge in [-0.2, -0.15) is 5.10 Å². The van der Waals surface area contributed by atoms with Crippen LogP contribution in [-0.2, 0) is 4.79 Å². The van der Waals surface area contributed by atoms with Crippen LogP contribution in [0.1, 0.15) is 45.3 Å². The van der Waals surface area contributed by atoms with E-state index in [1.165, 1.54) is 0 Å². The molecule has 2 atom stereocenters. The monoisotopic (exact) mass is 222 g/mol. The summed E-state index contributed by atoms with van der Waals surface area (Å²) in [5, 5.41) is 13.4. The zero-order chi connectivity index (χ0) is 12.1. The van der Waals surface area contributed by atoms with Gasteiger partial charge in [-0.05, 0) is 25.3 Å². The van der Waals surface area contributed by atoms with Gasteiger partial charge in [-0.25, -0.2) is 0 Å². The maximum absolute atomic E-state index is 11.1. The molecule has 1 aliphatic carbocycles. The largest absolute Gasteiger partial charge is 0.481 e. The molecule has 88 valence electrons. The summed E-state index contributed by atoms with van der Waals surface area (Å²) in [6.45, 7) is 8.13. The molecule has 0 spiro atoms. The van der Waals surface area contributed by atoms with Crippen molar-refractivity contribution in [3.05, 3.63) is 18.0 Å². The lowest BCUT2D eigenvalue weighted by Gasteiger charge is -2.11. The first-order valence-electron chi connectivity index (χ1n) is 5.63. The fraction of sp³-hybridized carbons (Fsp3) is 0.667. The molecule has 0 amide bonds. The fourth-order valence-electron chi connectivity index (χ4n) is 2.65. The summed E-state index contributed by atoms with van der Waals surface area (Å²) in [5.41, 5.74) is 0.894. The third-order valence-corrected chi connectivity index (χ3v) is 3.60. The summed E-state index contributed by atoms with van der Waals surface area (Å²) in [7, 11) is 0. The van der Waals surface area contributed by atoms with Crippen molar-refractivity contribution in [2.75, 3.05) is 0 Å². The summed E-state index contributed by atoms with van der Waals surface area (Å²) in [6, 6.07) is 2.21. The van der Waals surface area contributed by atoms with Crippen LogP contribution in [0.25, 0.3) is 0 Å².